The molecule has 0 spiro atoms. The van der Waals surface area contributed by atoms with Crippen molar-refractivity contribution in [2.45, 2.75) is 4.90 Å². The molecular formula is C11H11NO4S. The molecule has 0 saturated heterocycles. The molecule has 17 heavy (non-hydrogen) atoms. The van der Waals surface area contributed by atoms with Gasteiger partial charge in [-0.15, -0.1) is 6.42 Å². The molecule has 0 aliphatic rings. The van der Waals surface area contributed by atoms with E-state index in [2.05, 4.69) is 5.92 Å². The van der Waals surface area contributed by atoms with Crippen molar-refractivity contribution in [3.05, 3.63) is 29.8 Å². The van der Waals surface area contributed by atoms with Gasteiger partial charge in [0, 0.05) is 7.05 Å². The average molecular weight is 253 g/mol. The van der Waals surface area contributed by atoms with Gasteiger partial charge in [0.15, 0.2) is 0 Å². The van der Waals surface area contributed by atoms with Crippen molar-refractivity contribution in [1.82, 2.24) is 4.31 Å². The van der Waals surface area contributed by atoms with E-state index < -0.39 is 16.0 Å². The topological polar surface area (TPSA) is 74.7 Å². The van der Waals surface area contributed by atoms with Gasteiger partial charge in [0.05, 0.1) is 17.0 Å². The van der Waals surface area contributed by atoms with E-state index in [1.807, 2.05) is 0 Å². The lowest BCUT2D eigenvalue weighted by atomic mass is 10.2. The second kappa shape index (κ2) is 4.99. The predicted octanol–water partition coefficient (Wildman–Crippen LogP) is 0.639. The average Bonchev–Trinajstić information content (AvgIpc) is 2.29. The molecule has 1 aromatic rings. The summed E-state index contributed by atoms with van der Waals surface area (Å²) in [6, 6.07) is 5.40. The van der Waals surface area contributed by atoms with Gasteiger partial charge >= 0.3 is 5.97 Å². The number of carbonyl (C=O) groups is 1. The fourth-order valence-corrected chi connectivity index (χ4v) is 2.51. The van der Waals surface area contributed by atoms with Gasteiger partial charge < -0.3 is 5.11 Å². The molecule has 0 aliphatic carbocycles. The maximum absolute atomic E-state index is 12.0. The summed E-state index contributed by atoms with van der Waals surface area (Å²) < 4.78 is 25.0. The molecular weight excluding hydrogens is 242 g/mol. The third-order valence-electron chi connectivity index (χ3n) is 2.12. The minimum atomic E-state index is -3.87. The maximum atomic E-state index is 12.0. The maximum Gasteiger partial charge on any atom is 0.337 e. The van der Waals surface area contributed by atoms with Crippen molar-refractivity contribution < 1.29 is 18.3 Å². The summed E-state index contributed by atoms with van der Waals surface area (Å²) in [7, 11) is -2.57. The summed E-state index contributed by atoms with van der Waals surface area (Å²) in [5.41, 5.74) is -0.267. The number of carboxylic acid groups (broad SMARTS) is 1. The van der Waals surface area contributed by atoms with Crippen LogP contribution in [0.25, 0.3) is 0 Å². The SMILES string of the molecule is C#CCN(C)S(=O)(=O)c1ccccc1C(=O)O. The second-order valence-electron chi connectivity index (χ2n) is 3.27. The first-order valence-corrected chi connectivity index (χ1v) is 6.07. The molecule has 5 nitrogen and oxygen atoms in total. The van der Waals surface area contributed by atoms with E-state index in [0.29, 0.717) is 0 Å². The highest BCUT2D eigenvalue weighted by molar-refractivity contribution is 7.89. The van der Waals surface area contributed by atoms with Gasteiger partial charge in [0.1, 0.15) is 0 Å². The zero-order valence-corrected chi connectivity index (χ0v) is 9.94. The van der Waals surface area contributed by atoms with Crippen LogP contribution in [-0.4, -0.2) is 37.4 Å². The molecule has 0 aromatic heterocycles. The molecule has 0 aliphatic heterocycles. The number of sulfonamides is 1. The molecule has 6 heteroatoms. The molecule has 0 radical (unpaired) electrons. The minimum Gasteiger partial charge on any atom is -0.478 e. The number of hydrogen-bond donors (Lipinski definition) is 1. The Labute approximate surface area is 99.7 Å². The van der Waals surface area contributed by atoms with Crippen LogP contribution in [-0.2, 0) is 10.0 Å². The van der Waals surface area contributed by atoms with Crippen LogP contribution in [0.15, 0.2) is 29.2 Å². The number of benzene rings is 1. The number of nitrogens with zero attached hydrogens (tertiary/aromatic N) is 1. The quantitative estimate of drug-likeness (QED) is 0.799. The number of hydrogen-bond acceptors (Lipinski definition) is 3. The molecule has 0 atom stereocenters. The third-order valence-corrected chi connectivity index (χ3v) is 3.98. The van der Waals surface area contributed by atoms with Gasteiger partial charge in [-0.1, -0.05) is 18.1 Å². The summed E-state index contributed by atoms with van der Waals surface area (Å²) in [5.74, 6) is 0.898. The molecule has 0 bridgehead atoms. The van der Waals surface area contributed by atoms with E-state index in [4.69, 9.17) is 11.5 Å². The van der Waals surface area contributed by atoms with Crippen molar-refractivity contribution in [2.75, 3.05) is 13.6 Å². The lowest BCUT2D eigenvalue weighted by molar-refractivity contribution is 0.0692. The summed E-state index contributed by atoms with van der Waals surface area (Å²) in [6.45, 7) is -0.115. The smallest absolute Gasteiger partial charge is 0.337 e. The highest BCUT2D eigenvalue weighted by Gasteiger charge is 2.25. The van der Waals surface area contributed by atoms with Crippen LogP contribution in [0.4, 0.5) is 0 Å². The van der Waals surface area contributed by atoms with Crippen molar-refractivity contribution >= 4 is 16.0 Å². The molecule has 1 N–H and O–H groups in total. The van der Waals surface area contributed by atoms with E-state index in [0.717, 1.165) is 4.31 Å². The van der Waals surface area contributed by atoms with Crippen LogP contribution in [0.5, 0.6) is 0 Å². The Morgan fingerprint density at radius 2 is 2.06 bits per heavy atom. The summed E-state index contributed by atoms with van der Waals surface area (Å²) in [5, 5.41) is 8.92. The van der Waals surface area contributed by atoms with Crippen molar-refractivity contribution in [1.29, 1.82) is 0 Å². The summed E-state index contributed by atoms with van der Waals surface area (Å²) in [6.07, 6.45) is 5.03. The monoisotopic (exact) mass is 253 g/mol. The normalized spacial score (nSPS) is 11.1. The Kier molecular flexibility index (Phi) is 3.89. The molecule has 1 aromatic carbocycles. The molecule has 0 fully saturated rings. The third kappa shape index (κ3) is 2.64. The van der Waals surface area contributed by atoms with Crippen LogP contribution in [0.3, 0.4) is 0 Å². The molecule has 0 saturated carbocycles. The Morgan fingerprint density at radius 1 is 1.47 bits per heavy atom. The van der Waals surface area contributed by atoms with E-state index in [1.165, 1.54) is 31.3 Å². The van der Waals surface area contributed by atoms with E-state index >= 15 is 0 Å². The van der Waals surface area contributed by atoms with Crippen molar-refractivity contribution in [2.24, 2.45) is 0 Å². The summed E-state index contributed by atoms with van der Waals surface area (Å²) in [4.78, 5) is 10.7. The van der Waals surface area contributed by atoms with E-state index in [1.54, 1.807) is 0 Å². The standard InChI is InChI=1S/C11H11NO4S/c1-3-8-12(2)17(15,16)10-7-5-4-6-9(10)11(13)14/h1,4-7H,8H2,2H3,(H,13,14). The molecule has 1 rings (SSSR count). The fourth-order valence-electron chi connectivity index (χ4n) is 1.25. The molecule has 0 amide bonds. The lowest BCUT2D eigenvalue weighted by Crippen LogP contribution is -2.28. The number of terminal acetylenes is 1. The lowest BCUT2D eigenvalue weighted by Gasteiger charge is -2.15. The first kappa shape index (κ1) is 13.2. The second-order valence-corrected chi connectivity index (χ2v) is 5.28. The zero-order chi connectivity index (χ0) is 13.1. The Balaban J connectivity index is 3.35. The largest absolute Gasteiger partial charge is 0.478 e. The van der Waals surface area contributed by atoms with Crippen LogP contribution in [0.1, 0.15) is 10.4 Å². The van der Waals surface area contributed by atoms with Crippen LogP contribution in [0.2, 0.25) is 0 Å². The minimum absolute atomic E-state index is 0.115. The molecule has 0 heterocycles. The zero-order valence-electron chi connectivity index (χ0n) is 9.12. The highest BCUT2D eigenvalue weighted by atomic mass is 32.2. The van der Waals surface area contributed by atoms with Gasteiger partial charge in [-0.25, -0.2) is 13.2 Å². The van der Waals surface area contributed by atoms with Gasteiger partial charge in [0.25, 0.3) is 0 Å². The van der Waals surface area contributed by atoms with E-state index in [-0.39, 0.29) is 17.0 Å². The molecule has 0 unspecified atom stereocenters. The van der Waals surface area contributed by atoms with Gasteiger partial charge in [-0.05, 0) is 12.1 Å². The highest BCUT2D eigenvalue weighted by Crippen LogP contribution is 2.18. The summed E-state index contributed by atoms with van der Waals surface area (Å²) >= 11 is 0. The van der Waals surface area contributed by atoms with E-state index in [9.17, 15) is 13.2 Å². The van der Waals surface area contributed by atoms with Crippen LogP contribution >= 0.6 is 0 Å². The fraction of sp³-hybridized carbons (Fsp3) is 0.182. The number of rotatable bonds is 4. The van der Waals surface area contributed by atoms with Gasteiger partial charge in [-0.3, -0.25) is 0 Å². The van der Waals surface area contributed by atoms with Crippen LogP contribution < -0.4 is 0 Å². The number of carboxylic acids is 1. The Bertz CT molecular complexity index is 571. The van der Waals surface area contributed by atoms with Crippen molar-refractivity contribution in [3.8, 4) is 12.3 Å². The first-order chi connectivity index (χ1) is 7.91. The first-order valence-electron chi connectivity index (χ1n) is 4.63. The van der Waals surface area contributed by atoms with Crippen molar-refractivity contribution in [3.63, 3.8) is 0 Å². The molecule has 90 valence electrons. The Hall–Kier alpha value is -1.84. The van der Waals surface area contributed by atoms with Crippen LogP contribution in [0, 0.1) is 12.3 Å². The number of aromatic carboxylic acids is 1. The van der Waals surface area contributed by atoms with Gasteiger partial charge in [-0.2, -0.15) is 4.31 Å². The Morgan fingerprint density at radius 3 is 2.59 bits per heavy atom. The van der Waals surface area contributed by atoms with Gasteiger partial charge in [0.2, 0.25) is 10.0 Å². The predicted molar refractivity (Wildman–Crippen MR) is 62.1 cm³/mol.